The molecule has 124 heavy (non-hydrogen) atoms. The normalized spacial score (nSPS) is 16.5. The van der Waals surface area contributed by atoms with Crippen molar-refractivity contribution in [3.63, 3.8) is 0 Å². The Bertz CT molecular complexity index is 4180. The van der Waals surface area contributed by atoms with E-state index in [-0.39, 0.29) is 23.3 Å². The first-order chi connectivity index (χ1) is 60.7. The van der Waals surface area contributed by atoms with Gasteiger partial charge in [-0.05, 0) is 192 Å². The molecule has 6 aromatic carbocycles. The van der Waals surface area contributed by atoms with E-state index in [1.807, 2.05) is 12.1 Å². The van der Waals surface area contributed by atoms with E-state index >= 15 is 17.6 Å². The van der Waals surface area contributed by atoms with Gasteiger partial charge in [0.1, 0.15) is 71.7 Å². The Morgan fingerprint density at radius 2 is 0.298 bits per heavy atom. The second-order valence-electron chi connectivity index (χ2n) is 41.1. The lowest BCUT2D eigenvalue weighted by Gasteiger charge is -2.36. The molecule has 0 saturated heterocycles. The van der Waals surface area contributed by atoms with Crippen LogP contribution >= 0.6 is 0 Å². The van der Waals surface area contributed by atoms with E-state index in [4.69, 9.17) is 0 Å². The largest absolute Gasteiger partial charge is 0.206 e. The second-order valence-corrected chi connectivity index (χ2v) is 66.3. The van der Waals surface area contributed by atoms with Gasteiger partial charge in [-0.15, -0.1) is 0 Å². The van der Waals surface area contributed by atoms with Crippen LogP contribution in [-0.4, -0.2) is 48.4 Å². The third-order valence-corrected chi connectivity index (χ3v) is 65.5. The maximum absolute atomic E-state index is 19.8. The molecule has 0 amide bonds. The number of hydrogen-bond acceptors (Lipinski definition) is 0. The Morgan fingerprint density at radius 3 is 0.460 bits per heavy atom. The molecule has 6 aliphatic rings. The van der Waals surface area contributed by atoms with Crippen LogP contribution in [0, 0.1) is 23.3 Å². The highest BCUT2D eigenvalue weighted by Gasteiger charge is 2.62. The Kier molecular flexibility index (Phi) is 37.8. The first-order valence-corrected chi connectivity index (χ1v) is 68.0. The van der Waals surface area contributed by atoms with Gasteiger partial charge in [-0.1, -0.05) is 464 Å². The molecule has 0 spiro atoms. The minimum atomic E-state index is -3.04. The lowest BCUT2D eigenvalue weighted by molar-refractivity contribution is 0.616. The second kappa shape index (κ2) is 47.6. The smallest absolute Gasteiger partial charge is 0.131 e. The van der Waals surface area contributed by atoms with Crippen molar-refractivity contribution in [2.45, 2.75) is 464 Å². The van der Waals surface area contributed by atoms with Crippen LogP contribution in [0.4, 0.5) is 17.6 Å². The monoisotopic (exact) mass is 1790 g/mol. The summed E-state index contributed by atoms with van der Waals surface area (Å²) in [6, 6.07) is 51.0. The Hall–Kier alpha value is -4.44. The summed E-state index contributed by atoms with van der Waals surface area (Å²) < 4.78 is 78.6. The van der Waals surface area contributed by atoms with E-state index in [0.717, 1.165) is 138 Å². The van der Waals surface area contributed by atoms with E-state index in [2.05, 4.69) is 168 Å². The Balaban J connectivity index is 1.11. The number of fused-ring (bicyclic) bond motifs is 12. The third kappa shape index (κ3) is 20.1. The van der Waals surface area contributed by atoms with E-state index in [1.54, 1.807) is 31.2 Å². The molecular formula is C114H172F4Si6. The van der Waals surface area contributed by atoms with Crippen molar-refractivity contribution < 1.29 is 17.6 Å². The highest BCUT2D eigenvalue weighted by molar-refractivity contribution is 7.23. The van der Waals surface area contributed by atoms with Crippen molar-refractivity contribution in [1.29, 1.82) is 0 Å². The zero-order valence-electron chi connectivity index (χ0n) is 81.2. The van der Waals surface area contributed by atoms with Gasteiger partial charge in [-0.2, -0.15) is 0 Å². The van der Waals surface area contributed by atoms with Gasteiger partial charge in [0.15, 0.2) is 0 Å². The summed E-state index contributed by atoms with van der Waals surface area (Å²) in [6.45, 7) is 28.2. The van der Waals surface area contributed by atoms with Crippen LogP contribution in [0.2, 0.25) is 72.5 Å². The number of halogens is 4. The molecule has 12 rings (SSSR count). The van der Waals surface area contributed by atoms with Gasteiger partial charge in [0, 0.05) is 22.3 Å². The Labute approximate surface area is 762 Å². The lowest BCUT2D eigenvalue weighted by Crippen LogP contribution is -2.51. The first kappa shape index (κ1) is 98.6. The van der Waals surface area contributed by atoms with E-state index < -0.39 is 48.4 Å². The van der Waals surface area contributed by atoms with Crippen molar-refractivity contribution in [3.8, 4) is 22.3 Å². The summed E-state index contributed by atoms with van der Waals surface area (Å²) in [7, 11) is -16.4. The van der Waals surface area contributed by atoms with Gasteiger partial charge >= 0.3 is 0 Å². The average Bonchev–Trinajstić information content (AvgIpc) is 1.61. The third-order valence-electron chi connectivity index (χ3n) is 32.7. The van der Waals surface area contributed by atoms with Gasteiger partial charge in [0.25, 0.3) is 0 Å². The quantitative estimate of drug-likeness (QED) is 0.0203. The van der Waals surface area contributed by atoms with E-state index in [9.17, 15) is 0 Å². The maximum Gasteiger partial charge on any atom is 0.131 e. The molecule has 6 aliphatic heterocycles. The minimum absolute atomic E-state index is 0.239. The van der Waals surface area contributed by atoms with Crippen molar-refractivity contribution in [3.05, 3.63) is 154 Å². The predicted molar refractivity (Wildman–Crippen MR) is 557 cm³/mol. The average molecular weight is 1790 g/mol. The molecule has 6 heterocycles. The molecular weight excluding hydrogens is 1610 g/mol. The molecule has 0 aliphatic carbocycles. The fraction of sp³-hybridized carbons (Fsp3) is 0.632. The van der Waals surface area contributed by atoms with Crippen LogP contribution in [0.3, 0.4) is 0 Å². The topological polar surface area (TPSA) is 0 Å². The van der Waals surface area contributed by atoms with Crippen LogP contribution in [0.1, 0.15) is 425 Å². The van der Waals surface area contributed by atoms with Gasteiger partial charge in [-0.25, -0.2) is 17.6 Å². The summed E-state index contributed by atoms with van der Waals surface area (Å²) in [5, 5.41) is 18.5. The first-order valence-electron chi connectivity index (χ1n) is 53.5. The highest BCUT2D eigenvalue weighted by Crippen LogP contribution is 2.61. The minimum Gasteiger partial charge on any atom is -0.206 e. The van der Waals surface area contributed by atoms with Crippen molar-refractivity contribution in [2.75, 3.05) is 0 Å². The number of benzene rings is 6. The molecule has 680 valence electrons. The number of hydrogen-bond donors (Lipinski definition) is 0. The van der Waals surface area contributed by atoms with Gasteiger partial charge in [0.2, 0.25) is 0 Å². The lowest BCUT2D eigenvalue weighted by atomic mass is 9.99. The molecule has 0 saturated carbocycles. The summed E-state index contributed by atoms with van der Waals surface area (Å²) in [5.74, 6) is -1.03. The van der Waals surface area contributed by atoms with Gasteiger partial charge in [0.05, 0.1) is 0 Å². The standard InChI is InChI=1S/C114H172F4Si6/c1-13-25-37-53-69-119(70-54-38-26-14-2)103-67-51-49-65-89(103)109-111(119)95-81-99(115)91(85-105(95)121(109,73-57-41-29-17-5)74-58-42-30-18-6)93-87-107-97(83-101(93)117)113-114(123(107,77-61-45-33-21-9)78-62-46-34-22-10)98-84-102(118)94(88-108(98)124(113,79-63-47-35-23-11)80-64-48-36-24-12)92-86-106-96(82-100(92)116)112-110(122(106,75-59-43-31-19-7)76-60-44-32-20-8)90-66-50-52-68-104(90)120(112,71-55-39-27-15-3)72-56-40-28-16-4/h49-52,65-68,81-88H,13-48,53-64,69-80H2,1-12H3. The van der Waals surface area contributed by atoms with E-state index in [1.165, 1.54) is 307 Å². The molecule has 0 nitrogen and oxygen atoms in total. The molecule has 6 aromatic rings. The predicted octanol–water partition coefficient (Wildman–Crippen LogP) is 34.5. The molecule has 0 N–H and O–H groups in total. The zero-order chi connectivity index (χ0) is 87.8. The summed E-state index contributed by atoms with van der Waals surface area (Å²) in [6.07, 6.45) is 56.8. The Morgan fingerprint density at radius 1 is 0.153 bits per heavy atom. The van der Waals surface area contributed by atoms with Crippen LogP contribution < -0.4 is 31.1 Å². The zero-order valence-corrected chi connectivity index (χ0v) is 87.2. The summed E-state index contributed by atoms with van der Waals surface area (Å²) in [4.78, 5) is 0. The van der Waals surface area contributed by atoms with Gasteiger partial charge < -0.3 is 0 Å². The van der Waals surface area contributed by atoms with Crippen LogP contribution in [-0.2, 0) is 0 Å². The fourth-order valence-corrected chi connectivity index (χ4v) is 66.0. The molecule has 0 unspecified atom stereocenters. The molecule has 0 atom stereocenters. The summed E-state index contributed by atoms with van der Waals surface area (Å²) in [5.41, 5.74) is 9.80. The van der Waals surface area contributed by atoms with Crippen molar-refractivity contribution >= 4 is 111 Å². The van der Waals surface area contributed by atoms with E-state index in [0.29, 0.717) is 22.3 Å². The highest BCUT2D eigenvalue weighted by atomic mass is 28.3. The van der Waals surface area contributed by atoms with Crippen molar-refractivity contribution in [1.82, 2.24) is 0 Å². The molecule has 0 fully saturated rings. The van der Waals surface area contributed by atoms with Crippen molar-refractivity contribution in [2.24, 2.45) is 0 Å². The SMILES string of the molecule is CCCCCC[Si]1(CCCCCC)C2=C(c3ccccc31)[Si](CCCCCC)(CCCCCC)c1cc(-c3cc4c(cc3F)C3=C(c5cc(F)c(-c6cc7c(cc6F)C6=C(c8ccccc8[Si]6(CCCCCC)CCCCCC)[Si]7(CCCCCC)CCCCCC)cc5[Si]3(CCCCCC)CCCCCC)[Si]4(CCCCCC)CCCCCC)c(F)cc12. The summed E-state index contributed by atoms with van der Waals surface area (Å²) >= 11 is 0. The molecule has 10 heteroatoms. The van der Waals surface area contributed by atoms with Crippen LogP contribution in [0.15, 0.2) is 97.1 Å². The van der Waals surface area contributed by atoms with Crippen LogP contribution in [0.5, 0.6) is 0 Å². The molecule has 0 radical (unpaired) electrons. The number of unbranched alkanes of at least 4 members (excludes halogenated alkanes) is 36. The van der Waals surface area contributed by atoms with Crippen LogP contribution in [0.25, 0.3) is 53.4 Å². The van der Waals surface area contributed by atoms with Gasteiger partial charge in [-0.3, -0.25) is 0 Å². The number of rotatable bonds is 62. The molecule has 0 aromatic heterocycles. The maximum atomic E-state index is 19.8. The molecule has 0 bridgehead atoms. The fourth-order valence-electron chi connectivity index (χ4n) is 26.5.